The monoisotopic (exact) mass is 928 g/mol. The summed E-state index contributed by atoms with van der Waals surface area (Å²) in [5.74, 6) is -0.346. The first-order chi connectivity index (χ1) is 22.7. The molecule has 48 heavy (non-hydrogen) atoms. The molecule has 1 rings (SSSR count). The maximum Gasteiger partial charge on any atom is 0.312 e. The summed E-state index contributed by atoms with van der Waals surface area (Å²) < 4.78 is 20.8. The van der Waals surface area contributed by atoms with Crippen molar-refractivity contribution in [2.45, 2.75) is 46.3 Å². The van der Waals surface area contributed by atoms with Gasteiger partial charge in [-0.25, -0.2) is 4.79 Å². The quantitative estimate of drug-likeness (QED) is 0.0295. The summed E-state index contributed by atoms with van der Waals surface area (Å²) in [6, 6.07) is 6.10. The Labute approximate surface area is 278 Å². The molecule has 1 atom stereocenters. The zero-order valence-electron chi connectivity index (χ0n) is 28.4. The number of hydrogen-bond acceptors (Lipinski definition) is 11. The smallest absolute Gasteiger partial charge is 0.312 e. The van der Waals surface area contributed by atoms with Crippen LogP contribution in [0.4, 0.5) is 10.5 Å². The van der Waals surface area contributed by atoms with Crippen LogP contribution in [0.1, 0.15) is 39.2 Å². The summed E-state index contributed by atoms with van der Waals surface area (Å²) in [5.41, 5.74) is 6.13. The van der Waals surface area contributed by atoms with Gasteiger partial charge in [0.25, 0.3) is 0 Å². The van der Waals surface area contributed by atoms with Crippen LogP contribution in [0.5, 0.6) is 0 Å². The van der Waals surface area contributed by atoms with Crippen molar-refractivity contribution in [2.75, 3.05) is 84.9 Å². The second-order valence-corrected chi connectivity index (χ2v) is 9.86. The third kappa shape index (κ3) is 31.3. The van der Waals surface area contributed by atoms with E-state index in [0.29, 0.717) is 78.1 Å². The molecule has 5 amide bonds. The second-order valence-electron chi connectivity index (χ2n) is 9.86. The van der Waals surface area contributed by atoms with Crippen LogP contribution >= 0.6 is 0 Å². The number of aliphatic hydroxyl groups excluding tert-OH is 1. The number of ether oxygens (including phenoxy) is 4. The number of anilines is 1. The number of carbonyl (C=O) groups is 4. The third-order valence-electron chi connectivity index (χ3n) is 5.59. The normalized spacial score (nSPS) is 10.5. The molecule has 16 nitrogen and oxygen atoms in total. The fraction of sp³-hybridized carbons (Fsp3) is 0.645. The predicted octanol–water partition coefficient (Wildman–Crippen LogP) is -0.159. The summed E-state index contributed by atoms with van der Waals surface area (Å²) in [5, 5.41) is 21.9. The minimum atomic E-state index is -0.443. The molecule has 0 bridgehead atoms. The Kier molecular flexibility index (Phi) is 35.0. The van der Waals surface area contributed by atoms with Crippen LogP contribution in [-0.2, 0) is 44.7 Å². The first kappa shape index (κ1) is 47.7. The van der Waals surface area contributed by atoms with Gasteiger partial charge in [-0.1, -0.05) is 32.9 Å². The number of primary amides is 1. The topological polar surface area (TPSA) is 229 Å². The maximum absolute atomic E-state index is 11.9. The summed E-state index contributed by atoms with van der Waals surface area (Å²) in [7, 11) is 1.72. The van der Waals surface area contributed by atoms with Gasteiger partial charge in [-0.3, -0.25) is 9.59 Å². The first-order valence-electron chi connectivity index (χ1n) is 15.5. The molecule has 0 aromatic heterocycles. The SMILES string of the molecule is CCCNC(N)=O.CNC(C(=O)NCC(=O)Nc1ccc(CO)cc1)C(C)C.O=[C-]NCCOCCOCCOCCOCCC=O.[Fm]. The van der Waals surface area contributed by atoms with E-state index >= 15 is 0 Å². The number of amides is 5. The van der Waals surface area contributed by atoms with E-state index in [1.54, 1.807) is 37.7 Å². The molecule has 17 heteroatoms. The number of urea groups is 1. The van der Waals surface area contributed by atoms with E-state index in [-0.39, 0.29) is 36.9 Å². The summed E-state index contributed by atoms with van der Waals surface area (Å²) in [6.07, 6.45) is 3.74. The molecule has 0 saturated carbocycles. The summed E-state index contributed by atoms with van der Waals surface area (Å²) in [6.45, 7) is 10.7. The van der Waals surface area contributed by atoms with Crippen molar-refractivity contribution in [2.24, 2.45) is 11.7 Å². The van der Waals surface area contributed by atoms with Crippen molar-refractivity contribution in [3.05, 3.63) is 29.8 Å². The minimum Gasteiger partial charge on any atom is -0.528 e. The Morgan fingerprint density at radius 1 is 0.896 bits per heavy atom. The molecule has 1 aromatic rings. The van der Waals surface area contributed by atoms with Gasteiger partial charge in [-0.2, -0.15) is 6.41 Å². The minimum absolute atomic E-state index is 0. The molecule has 8 N–H and O–H groups in total. The molecule has 0 heterocycles. The largest absolute Gasteiger partial charge is 0.528 e. The number of nitrogens with two attached hydrogens (primary N) is 1. The molecule has 0 radical (unpaired) electrons. The maximum atomic E-state index is 11.9. The van der Waals surface area contributed by atoms with Gasteiger partial charge in [0.2, 0.25) is 11.8 Å². The summed E-state index contributed by atoms with van der Waals surface area (Å²) >= 11 is 0. The number of likely N-dealkylation sites (N-methyl/N-ethyl adjacent to an activating group) is 1. The fourth-order valence-corrected chi connectivity index (χ4v) is 3.26. The van der Waals surface area contributed by atoms with Crippen molar-refractivity contribution in [3.8, 4) is 0 Å². The van der Waals surface area contributed by atoms with E-state index in [1.165, 1.54) is 0 Å². The molecule has 0 fully saturated rings. The van der Waals surface area contributed by atoms with E-state index < -0.39 is 6.03 Å². The van der Waals surface area contributed by atoms with Crippen molar-refractivity contribution in [3.63, 3.8) is 0 Å². The van der Waals surface area contributed by atoms with E-state index in [2.05, 4.69) is 26.6 Å². The standard InChI is InChI=1S/C15H23N3O3.C12H22NO6.C4H10N2O.Fm/c1-10(2)14(16-3)15(21)17-8-13(20)18-12-6-4-11(9-19)5-7-12;14-3-1-4-16-6-8-18-10-11-19-9-7-17-5-2-13-12-15;1-2-3-6-4(5)7;/h4-7,10,14,16,19H,8-9H2,1-3H3,(H,17,21)(H,18,20);3H,1-2,4-11H2,(H,13,15);2-3H2,1H3,(H3,5,6,7);/q;-1;;. The first-order valence-corrected chi connectivity index (χ1v) is 15.5. The average Bonchev–Trinajstić information content (AvgIpc) is 3.05. The third-order valence-corrected chi connectivity index (χ3v) is 5.59. The molecule has 0 spiro atoms. The molecule has 0 aliphatic carbocycles. The number of aliphatic hydroxyl groups is 1. The number of rotatable bonds is 25. The molecule has 1 unspecified atom stereocenters. The molecule has 0 aliphatic heterocycles. The van der Waals surface area contributed by atoms with E-state index in [9.17, 15) is 24.0 Å². The van der Waals surface area contributed by atoms with Gasteiger partial charge in [0, 0.05) is 25.2 Å². The Hall–Kier alpha value is -4.67. The van der Waals surface area contributed by atoms with Crippen LogP contribution in [0.25, 0.3) is 0 Å². The van der Waals surface area contributed by atoms with E-state index in [1.807, 2.05) is 20.8 Å². The van der Waals surface area contributed by atoms with Gasteiger partial charge in [0.1, 0.15) is 6.29 Å². The van der Waals surface area contributed by atoms with Crippen LogP contribution in [0.15, 0.2) is 24.3 Å². The van der Waals surface area contributed by atoms with Gasteiger partial charge in [-0.15, -0.1) is 0 Å². The number of nitrogens with one attached hydrogen (secondary N) is 5. The Morgan fingerprint density at radius 3 is 1.85 bits per heavy atom. The zero-order chi connectivity index (χ0) is 35.5. The van der Waals surface area contributed by atoms with E-state index in [0.717, 1.165) is 18.3 Å². The molecule has 1 aromatic carbocycles. The Morgan fingerprint density at radius 2 is 1.44 bits per heavy atom. The van der Waals surface area contributed by atoms with Crippen LogP contribution in [0, 0.1) is 5.92 Å². The van der Waals surface area contributed by atoms with E-state index in [4.69, 9.17) is 29.8 Å². The zero-order valence-corrected chi connectivity index (χ0v) is 30.8. The van der Waals surface area contributed by atoms with Crippen LogP contribution in [0.3, 0.4) is 0 Å². The molecular weight excluding hydrogens is 873 g/mol. The summed E-state index contributed by atoms with van der Waals surface area (Å²) in [4.78, 5) is 53.3. The van der Waals surface area contributed by atoms with Gasteiger partial charge in [-0.05, 0) is 37.1 Å². The molecule has 0 aliphatic rings. The Bertz CT molecular complexity index is 925. The molecule has 282 valence electrons. The number of aldehydes is 1. The van der Waals surface area contributed by atoms with Crippen LogP contribution < -0.4 is 32.3 Å². The van der Waals surface area contributed by atoms with Crippen molar-refractivity contribution >= 4 is 36.2 Å². The predicted molar refractivity (Wildman–Crippen MR) is 177 cm³/mol. The number of hydrogen-bond donors (Lipinski definition) is 7. The molecule has 0 saturated heterocycles. The van der Waals surface area contributed by atoms with Gasteiger partial charge >= 0.3 is 6.03 Å². The average molecular weight is 929 g/mol. The van der Waals surface area contributed by atoms with Crippen molar-refractivity contribution < 1.29 is 48.0 Å². The van der Waals surface area contributed by atoms with Crippen molar-refractivity contribution in [1.82, 2.24) is 21.3 Å². The van der Waals surface area contributed by atoms with Gasteiger partial charge < -0.3 is 66.0 Å². The Balaban J connectivity index is -0.000000695. The molecular formula is C31H55FmN6O10-. The van der Waals surface area contributed by atoms with Gasteiger partial charge in [0.15, 0.2) is 0 Å². The number of carbonyl (C=O) groups excluding carboxylic acids is 5. The van der Waals surface area contributed by atoms with Gasteiger partial charge in [0.05, 0.1) is 72.0 Å². The van der Waals surface area contributed by atoms with Crippen LogP contribution in [0.2, 0.25) is 0 Å². The van der Waals surface area contributed by atoms with Crippen LogP contribution in [-0.4, -0.2) is 121 Å². The fourth-order valence-electron chi connectivity index (χ4n) is 3.26. The number of benzene rings is 1. The second kappa shape index (κ2) is 35.2. The van der Waals surface area contributed by atoms with Crippen molar-refractivity contribution in [1.29, 1.82) is 0 Å².